The Morgan fingerprint density at radius 1 is 1.23 bits per heavy atom. The number of methoxy groups -OCH3 is 1. The van der Waals surface area contributed by atoms with Crippen molar-refractivity contribution >= 4 is 15.7 Å². The van der Waals surface area contributed by atoms with Gasteiger partial charge < -0.3 is 9.64 Å². The van der Waals surface area contributed by atoms with E-state index in [-0.39, 0.29) is 35.9 Å². The Kier molecular flexibility index (Phi) is 4.12. The Morgan fingerprint density at radius 2 is 1.95 bits per heavy atom. The van der Waals surface area contributed by atoms with Gasteiger partial charge in [-0.25, -0.2) is 8.42 Å². The van der Waals surface area contributed by atoms with Crippen LogP contribution in [0.2, 0.25) is 0 Å². The molecule has 1 saturated carbocycles. The maximum Gasteiger partial charge on any atom is 0.227 e. The highest BCUT2D eigenvalue weighted by Crippen LogP contribution is 2.33. The van der Waals surface area contributed by atoms with Gasteiger partial charge in [-0.15, -0.1) is 0 Å². The van der Waals surface area contributed by atoms with Gasteiger partial charge in [0, 0.05) is 17.6 Å². The predicted octanol–water partition coefficient (Wildman–Crippen LogP) is 1.42. The molecule has 5 nitrogen and oxygen atoms in total. The SMILES string of the molecule is COc1ccccc1CC(=O)N(C1CC1)C1CCS(=O)(=O)C1. The maximum atomic E-state index is 12.7. The normalized spacial score (nSPS) is 23.2. The monoisotopic (exact) mass is 323 g/mol. The molecule has 1 aromatic rings. The Bertz CT molecular complexity index is 666. The van der Waals surface area contributed by atoms with Crippen LogP contribution < -0.4 is 4.74 Å². The van der Waals surface area contributed by atoms with Crippen molar-refractivity contribution in [2.45, 2.75) is 37.8 Å². The number of amides is 1. The van der Waals surface area contributed by atoms with Crippen LogP contribution in [0.3, 0.4) is 0 Å². The van der Waals surface area contributed by atoms with Crippen molar-refractivity contribution in [2.24, 2.45) is 0 Å². The third kappa shape index (κ3) is 3.27. The lowest BCUT2D eigenvalue weighted by atomic mass is 10.1. The van der Waals surface area contributed by atoms with Crippen molar-refractivity contribution in [1.82, 2.24) is 4.90 Å². The number of ether oxygens (including phenoxy) is 1. The minimum absolute atomic E-state index is 0.00843. The number of carbonyl (C=O) groups is 1. The summed E-state index contributed by atoms with van der Waals surface area (Å²) in [5.41, 5.74) is 0.849. The fraction of sp³-hybridized carbons (Fsp3) is 0.562. The molecule has 1 aliphatic heterocycles. The lowest BCUT2D eigenvalue weighted by Gasteiger charge is -2.28. The molecule has 1 aliphatic carbocycles. The topological polar surface area (TPSA) is 63.7 Å². The molecule has 0 aromatic heterocycles. The zero-order chi connectivity index (χ0) is 15.7. The van der Waals surface area contributed by atoms with E-state index in [2.05, 4.69) is 0 Å². The fourth-order valence-corrected chi connectivity index (χ4v) is 4.87. The number of hydrogen-bond donors (Lipinski definition) is 0. The molecule has 0 N–H and O–H groups in total. The number of hydrogen-bond acceptors (Lipinski definition) is 4. The Morgan fingerprint density at radius 3 is 2.55 bits per heavy atom. The zero-order valence-electron chi connectivity index (χ0n) is 12.7. The van der Waals surface area contributed by atoms with Crippen molar-refractivity contribution in [3.63, 3.8) is 0 Å². The number of benzene rings is 1. The minimum Gasteiger partial charge on any atom is -0.496 e. The molecule has 3 rings (SSSR count). The van der Waals surface area contributed by atoms with Crippen LogP contribution in [0.5, 0.6) is 5.75 Å². The number of para-hydroxylation sites is 1. The van der Waals surface area contributed by atoms with Crippen LogP contribution in [0.4, 0.5) is 0 Å². The molecule has 0 bridgehead atoms. The van der Waals surface area contributed by atoms with Crippen LogP contribution >= 0.6 is 0 Å². The van der Waals surface area contributed by atoms with Crippen molar-refractivity contribution < 1.29 is 17.9 Å². The van der Waals surface area contributed by atoms with E-state index in [4.69, 9.17) is 4.74 Å². The summed E-state index contributed by atoms with van der Waals surface area (Å²) >= 11 is 0. The van der Waals surface area contributed by atoms with E-state index in [1.165, 1.54) is 0 Å². The van der Waals surface area contributed by atoms with Gasteiger partial charge in [-0.1, -0.05) is 18.2 Å². The van der Waals surface area contributed by atoms with E-state index in [1.54, 1.807) is 7.11 Å². The first-order valence-electron chi connectivity index (χ1n) is 7.63. The van der Waals surface area contributed by atoms with E-state index in [9.17, 15) is 13.2 Å². The molecule has 2 aliphatic rings. The van der Waals surface area contributed by atoms with Gasteiger partial charge in [0.2, 0.25) is 5.91 Å². The molecule has 0 spiro atoms. The number of rotatable bonds is 5. The first kappa shape index (κ1) is 15.3. The molecular formula is C16H21NO4S. The first-order valence-corrected chi connectivity index (χ1v) is 9.46. The summed E-state index contributed by atoms with van der Waals surface area (Å²) in [6.07, 6.45) is 2.79. The lowest BCUT2D eigenvalue weighted by Crippen LogP contribution is -2.43. The van der Waals surface area contributed by atoms with Gasteiger partial charge in [0.15, 0.2) is 9.84 Å². The van der Waals surface area contributed by atoms with Crippen molar-refractivity contribution in [1.29, 1.82) is 0 Å². The summed E-state index contributed by atoms with van der Waals surface area (Å²) in [6, 6.07) is 7.54. The van der Waals surface area contributed by atoms with Crippen LogP contribution in [0.15, 0.2) is 24.3 Å². The molecule has 1 unspecified atom stereocenters. The molecule has 1 heterocycles. The van der Waals surface area contributed by atoms with E-state index in [1.807, 2.05) is 29.2 Å². The van der Waals surface area contributed by atoms with Crippen LogP contribution in [0.1, 0.15) is 24.8 Å². The summed E-state index contributed by atoms with van der Waals surface area (Å²) in [4.78, 5) is 14.6. The summed E-state index contributed by atoms with van der Waals surface area (Å²) in [5.74, 6) is 1.02. The van der Waals surface area contributed by atoms with Gasteiger partial charge in [-0.3, -0.25) is 4.79 Å². The molecule has 22 heavy (non-hydrogen) atoms. The molecule has 1 saturated heterocycles. The third-order valence-electron chi connectivity index (χ3n) is 4.36. The van der Waals surface area contributed by atoms with Gasteiger partial charge in [-0.2, -0.15) is 0 Å². The average Bonchev–Trinajstić information content (AvgIpc) is 3.24. The molecule has 120 valence electrons. The Hall–Kier alpha value is -1.56. The number of sulfone groups is 1. The molecule has 1 aromatic carbocycles. The molecule has 1 amide bonds. The van der Waals surface area contributed by atoms with Gasteiger partial charge in [0.05, 0.1) is 25.0 Å². The summed E-state index contributed by atoms with van der Waals surface area (Å²) in [7, 11) is -1.40. The molecule has 6 heteroatoms. The van der Waals surface area contributed by atoms with Crippen molar-refractivity contribution in [3.05, 3.63) is 29.8 Å². The van der Waals surface area contributed by atoms with E-state index >= 15 is 0 Å². The summed E-state index contributed by atoms with van der Waals surface area (Å²) in [6.45, 7) is 0. The van der Waals surface area contributed by atoms with Gasteiger partial charge >= 0.3 is 0 Å². The minimum atomic E-state index is -2.98. The van der Waals surface area contributed by atoms with Crippen LogP contribution in [0, 0.1) is 0 Å². The quantitative estimate of drug-likeness (QED) is 0.822. The van der Waals surface area contributed by atoms with Crippen LogP contribution in [-0.2, 0) is 21.1 Å². The summed E-state index contributed by atoms with van der Waals surface area (Å²) < 4.78 is 28.7. The second-order valence-electron chi connectivity index (χ2n) is 6.08. The van der Waals surface area contributed by atoms with E-state index < -0.39 is 9.84 Å². The first-order chi connectivity index (χ1) is 10.5. The molecule has 2 fully saturated rings. The standard InChI is InChI=1S/C16H21NO4S/c1-21-15-5-3-2-4-12(15)10-16(18)17(13-6-7-13)14-8-9-22(19,20)11-14/h2-5,13-14H,6-11H2,1H3. The Balaban J connectivity index is 1.76. The predicted molar refractivity (Wildman–Crippen MR) is 83.6 cm³/mol. The van der Waals surface area contributed by atoms with Crippen LogP contribution in [0.25, 0.3) is 0 Å². The average molecular weight is 323 g/mol. The molecule has 0 radical (unpaired) electrons. The highest BCUT2D eigenvalue weighted by atomic mass is 32.2. The second kappa shape index (κ2) is 5.91. The molecular weight excluding hydrogens is 302 g/mol. The van der Waals surface area contributed by atoms with Crippen LogP contribution in [-0.4, -0.2) is 49.9 Å². The van der Waals surface area contributed by atoms with Gasteiger partial charge in [0.1, 0.15) is 5.75 Å². The highest BCUT2D eigenvalue weighted by molar-refractivity contribution is 7.91. The van der Waals surface area contributed by atoms with Gasteiger partial charge in [-0.05, 0) is 25.3 Å². The number of nitrogens with zero attached hydrogens (tertiary/aromatic N) is 1. The lowest BCUT2D eigenvalue weighted by molar-refractivity contribution is -0.133. The smallest absolute Gasteiger partial charge is 0.227 e. The highest BCUT2D eigenvalue weighted by Gasteiger charge is 2.41. The summed E-state index contributed by atoms with van der Waals surface area (Å²) in [5, 5.41) is 0. The van der Waals surface area contributed by atoms with E-state index in [0.29, 0.717) is 12.2 Å². The third-order valence-corrected chi connectivity index (χ3v) is 6.11. The zero-order valence-corrected chi connectivity index (χ0v) is 13.5. The fourth-order valence-electron chi connectivity index (χ4n) is 3.16. The number of carbonyl (C=O) groups excluding carboxylic acids is 1. The largest absolute Gasteiger partial charge is 0.496 e. The molecule has 1 atom stereocenters. The van der Waals surface area contributed by atoms with E-state index in [0.717, 1.165) is 18.4 Å². The Labute approximate surface area is 131 Å². The van der Waals surface area contributed by atoms with Crippen molar-refractivity contribution in [3.8, 4) is 5.75 Å². The van der Waals surface area contributed by atoms with Gasteiger partial charge in [0.25, 0.3) is 0 Å². The second-order valence-corrected chi connectivity index (χ2v) is 8.31. The maximum absolute atomic E-state index is 12.7. The van der Waals surface area contributed by atoms with Crippen molar-refractivity contribution in [2.75, 3.05) is 18.6 Å².